The molecule has 12 heavy (non-hydrogen) atoms. The summed E-state index contributed by atoms with van der Waals surface area (Å²) in [5.41, 5.74) is 2.71. The zero-order valence-electron chi connectivity index (χ0n) is 7.51. The molecule has 0 radical (unpaired) electrons. The van der Waals surface area contributed by atoms with Crippen LogP contribution in [0.25, 0.3) is 0 Å². The number of hydrogen-bond acceptors (Lipinski definition) is 0. The van der Waals surface area contributed by atoms with Crippen LogP contribution >= 0.6 is 0 Å². The fraction of sp³-hybridized carbons (Fsp3) is 0.333. The summed E-state index contributed by atoms with van der Waals surface area (Å²) in [6.45, 7) is 2.13. The van der Waals surface area contributed by atoms with Crippen molar-refractivity contribution < 1.29 is 0 Å². The summed E-state index contributed by atoms with van der Waals surface area (Å²) < 4.78 is 0. The average molecular weight is 158 g/mol. The van der Waals surface area contributed by atoms with Crippen LogP contribution in [0.2, 0.25) is 0 Å². The zero-order valence-corrected chi connectivity index (χ0v) is 7.51. The molecule has 1 rings (SSSR count). The van der Waals surface area contributed by atoms with Crippen LogP contribution in [0.4, 0.5) is 0 Å². The van der Waals surface area contributed by atoms with Crippen molar-refractivity contribution in [1.82, 2.24) is 0 Å². The SMILES string of the molecule is C#CCCCC=C1C=CC=C1C. The molecule has 0 saturated carbocycles. The first-order valence-corrected chi connectivity index (χ1v) is 4.33. The normalized spacial score (nSPS) is 18.0. The smallest absolute Gasteiger partial charge is 0.00890 e. The largest absolute Gasteiger partial charge is 0.120 e. The third kappa shape index (κ3) is 2.43. The predicted octanol–water partition coefficient (Wildman–Crippen LogP) is 3.23. The van der Waals surface area contributed by atoms with E-state index in [4.69, 9.17) is 6.42 Å². The van der Waals surface area contributed by atoms with E-state index in [1.807, 2.05) is 0 Å². The Morgan fingerprint density at radius 3 is 3.00 bits per heavy atom. The molecular formula is C12H14. The minimum absolute atomic E-state index is 0.885. The van der Waals surface area contributed by atoms with Crippen LogP contribution in [-0.2, 0) is 0 Å². The molecule has 1 aliphatic rings. The van der Waals surface area contributed by atoms with Crippen molar-refractivity contribution >= 4 is 0 Å². The molecule has 0 unspecified atom stereocenters. The standard InChI is InChI=1S/C12H14/c1-3-4-5-6-9-12-10-7-8-11(12)2/h1,7-10H,4-6H2,2H3. The lowest BCUT2D eigenvalue weighted by Gasteiger charge is -1.96. The first-order chi connectivity index (χ1) is 5.84. The van der Waals surface area contributed by atoms with Gasteiger partial charge in [-0.2, -0.15) is 0 Å². The molecule has 0 nitrogen and oxygen atoms in total. The molecule has 0 bridgehead atoms. The molecule has 1 aliphatic carbocycles. The van der Waals surface area contributed by atoms with E-state index in [0.29, 0.717) is 0 Å². The Hall–Kier alpha value is -1.22. The number of allylic oxidation sites excluding steroid dienone is 6. The van der Waals surface area contributed by atoms with Gasteiger partial charge in [0.1, 0.15) is 0 Å². The molecule has 0 fully saturated rings. The van der Waals surface area contributed by atoms with Crippen molar-refractivity contribution in [3.05, 3.63) is 35.5 Å². The second-order valence-corrected chi connectivity index (χ2v) is 2.96. The van der Waals surface area contributed by atoms with Gasteiger partial charge in [0.2, 0.25) is 0 Å². The second kappa shape index (κ2) is 4.62. The third-order valence-electron chi connectivity index (χ3n) is 1.97. The van der Waals surface area contributed by atoms with Crippen LogP contribution in [0.1, 0.15) is 26.2 Å². The van der Waals surface area contributed by atoms with E-state index in [1.54, 1.807) is 0 Å². The first kappa shape index (κ1) is 8.87. The maximum atomic E-state index is 5.15. The van der Waals surface area contributed by atoms with E-state index in [1.165, 1.54) is 11.1 Å². The summed E-state index contributed by atoms with van der Waals surface area (Å²) in [4.78, 5) is 0. The number of rotatable bonds is 3. The number of hydrogen-bond donors (Lipinski definition) is 0. The van der Waals surface area contributed by atoms with E-state index in [0.717, 1.165) is 19.3 Å². The molecule has 62 valence electrons. The summed E-state index contributed by atoms with van der Waals surface area (Å²) in [6.07, 6.45) is 16.8. The zero-order chi connectivity index (χ0) is 8.81. The lowest BCUT2D eigenvalue weighted by Crippen LogP contribution is -1.77. The van der Waals surface area contributed by atoms with Gasteiger partial charge in [-0.3, -0.25) is 0 Å². The fourth-order valence-corrected chi connectivity index (χ4v) is 1.21. The lowest BCUT2D eigenvalue weighted by molar-refractivity contribution is 0.882. The van der Waals surface area contributed by atoms with E-state index in [9.17, 15) is 0 Å². The molecule has 0 aromatic carbocycles. The van der Waals surface area contributed by atoms with Crippen molar-refractivity contribution in [2.75, 3.05) is 0 Å². The van der Waals surface area contributed by atoms with Crippen LogP contribution in [-0.4, -0.2) is 0 Å². The van der Waals surface area contributed by atoms with Crippen LogP contribution in [0.15, 0.2) is 35.5 Å². The Kier molecular flexibility index (Phi) is 3.41. The van der Waals surface area contributed by atoms with Gasteiger partial charge in [0.05, 0.1) is 0 Å². The maximum absolute atomic E-state index is 5.15. The molecule has 0 N–H and O–H groups in total. The highest BCUT2D eigenvalue weighted by Gasteiger charge is 1.98. The lowest BCUT2D eigenvalue weighted by atomic mass is 10.1. The molecular weight excluding hydrogens is 144 g/mol. The topological polar surface area (TPSA) is 0 Å². The summed E-state index contributed by atoms with van der Waals surface area (Å²) in [5.74, 6) is 2.64. The van der Waals surface area contributed by atoms with E-state index in [-0.39, 0.29) is 0 Å². The minimum atomic E-state index is 0.885. The average Bonchev–Trinajstić information content (AvgIpc) is 2.46. The van der Waals surface area contributed by atoms with Gasteiger partial charge in [-0.05, 0) is 30.9 Å². The molecule has 0 aliphatic heterocycles. The number of terminal acetylenes is 1. The molecule has 0 heteroatoms. The minimum Gasteiger partial charge on any atom is -0.120 e. The van der Waals surface area contributed by atoms with Crippen molar-refractivity contribution in [1.29, 1.82) is 0 Å². The van der Waals surface area contributed by atoms with Gasteiger partial charge in [0, 0.05) is 6.42 Å². The quantitative estimate of drug-likeness (QED) is 0.437. The van der Waals surface area contributed by atoms with E-state index >= 15 is 0 Å². The molecule has 0 aromatic heterocycles. The molecule has 0 aromatic rings. The van der Waals surface area contributed by atoms with Crippen molar-refractivity contribution in [2.24, 2.45) is 0 Å². The molecule has 0 atom stereocenters. The van der Waals surface area contributed by atoms with E-state index < -0.39 is 0 Å². The highest BCUT2D eigenvalue weighted by molar-refractivity contribution is 5.46. The number of unbranched alkanes of at least 4 members (excludes halogenated alkanes) is 2. The highest BCUT2D eigenvalue weighted by Crippen LogP contribution is 2.18. The molecule has 0 amide bonds. The van der Waals surface area contributed by atoms with Gasteiger partial charge in [0.15, 0.2) is 0 Å². The van der Waals surface area contributed by atoms with Crippen LogP contribution in [0, 0.1) is 12.3 Å². The first-order valence-electron chi connectivity index (χ1n) is 4.33. The van der Waals surface area contributed by atoms with Crippen molar-refractivity contribution in [3.8, 4) is 12.3 Å². The third-order valence-corrected chi connectivity index (χ3v) is 1.97. The molecule has 0 heterocycles. The van der Waals surface area contributed by atoms with Gasteiger partial charge in [-0.1, -0.05) is 24.3 Å². The Morgan fingerprint density at radius 2 is 2.42 bits per heavy atom. The summed E-state index contributed by atoms with van der Waals surface area (Å²) in [6, 6.07) is 0. The summed E-state index contributed by atoms with van der Waals surface area (Å²) in [7, 11) is 0. The van der Waals surface area contributed by atoms with Crippen LogP contribution in [0.5, 0.6) is 0 Å². The Balaban J connectivity index is 2.34. The Labute approximate surface area is 74.7 Å². The summed E-state index contributed by atoms with van der Waals surface area (Å²) in [5, 5.41) is 0. The Morgan fingerprint density at radius 1 is 1.58 bits per heavy atom. The molecule has 0 spiro atoms. The Bertz CT molecular complexity index is 269. The predicted molar refractivity (Wildman–Crippen MR) is 53.7 cm³/mol. The molecule has 0 saturated heterocycles. The monoisotopic (exact) mass is 158 g/mol. The van der Waals surface area contributed by atoms with Gasteiger partial charge in [0.25, 0.3) is 0 Å². The highest BCUT2D eigenvalue weighted by atomic mass is 14.0. The fourth-order valence-electron chi connectivity index (χ4n) is 1.21. The second-order valence-electron chi connectivity index (χ2n) is 2.96. The van der Waals surface area contributed by atoms with Crippen LogP contribution in [0.3, 0.4) is 0 Å². The van der Waals surface area contributed by atoms with Gasteiger partial charge in [-0.25, -0.2) is 0 Å². The van der Waals surface area contributed by atoms with Crippen molar-refractivity contribution in [3.63, 3.8) is 0 Å². The maximum Gasteiger partial charge on any atom is 0.00890 e. The van der Waals surface area contributed by atoms with Gasteiger partial charge >= 0.3 is 0 Å². The van der Waals surface area contributed by atoms with Gasteiger partial charge < -0.3 is 0 Å². The van der Waals surface area contributed by atoms with E-state index in [2.05, 4.69) is 37.1 Å². The summed E-state index contributed by atoms with van der Waals surface area (Å²) >= 11 is 0. The van der Waals surface area contributed by atoms with Gasteiger partial charge in [-0.15, -0.1) is 12.3 Å². The van der Waals surface area contributed by atoms with Crippen molar-refractivity contribution in [2.45, 2.75) is 26.2 Å². The van der Waals surface area contributed by atoms with Crippen LogP contribution < -0.4 is 0 Å².